The number of hydrogen-bond acceptors (Lipinski definition) is 5. The molecule has 1 N–H and O–H groups in total. The van der Waals surface area contributed by atoms with Crippen molar-refractivity contribution in [2.75, 3.05) is 26.0 Å². The van der Waals surface area contributed by atoms with Crippen molar-refractivity contribution in [1.82, 2.24) is 8.87 Å². The summed E-state index contributed by atoms with van der Waals surface area (Å²) in [6, 6.07) is 11.4. The number of aromatic nitrogens is 1. The monoisotopic (exact) mass is 449 g/mol. The number of sulfonamides is 1. The van der Waals surface area contributed by atoms with E-state index in [1.165, 1.54) is 32.3 Å². The second kappa shape index (κ2) is 8.47. The molecule has 0 saturated heterocycles. The zero-order chi connectivity index (χ0) is 22.1. The van der Waals surface area contributed by atoms with E-state index in [0.29, 0.717) is 5.56 Å². The van der Waals surface area contributed by atoms with E-state index in [1.54, 1.807) is 16.8 Å². The van der Waals surface area contributed by atoms with Gasteiger partial charge >= 0.3 is 5.97 Å². The summed E-state index contributed by atoms with van der Waals surface area (Å²) in [5, 5.41) is 3.26. The number of nitrogens with one attached hydrogen (secondary N) is 1. The number of halogens is 1. The fraction of sp³-hybridized carbons (Fsp3) is 0.200. The summed E-state index contributed by atoms with van der Waals surface area (Å²) < 4.78 is 32.6. The Kier molecular flexibility index (Phi) is 6.16. The van der Waals surface area contributed by atoms with Gasteiger partial charge in [0.05, 0.1) is 10.6 Å². The standard InChI is InChI=1S/C20H20ClN3O5S/c1-23(2)30(27,28)18-10-13(8-9-16(18)21)22-19(25)12-29-20(26)15-11-24(3)17-7-5-4-6-14(15)17/h4-11H,12H2,1-3H3,(H,22,25). The number of fused-ring (bicyclic) bond motifs is 1. The average molecular weight is 450 g/mol. The number of hydrogen-bond donors (Lipinski definition) is 1. The molecule has 0 saturated carbocycles. The highest BCUT2D eigenvalue weighted by molar-refractivity contribution is 7.89. The summed E-state index contributed by atoms with van der Waals surface area (Å²) in [7, 11) is 0.785. The third kappa shape index (κ3) is 4.33. The minimum absolute atomic E-state index is 0.0316. The summed E-state index contributed by atoms with van der Waals surface area (Å²) >= 11 is 5.99. The van der Waals surface area contributed by atoms with Gasteiger partial charge in [0, 0.05) is 43.9 Å². The normalized spacial score (nSPS) is 11.6. The Hall–Kier alpha value is -2.88. The quantitative estimate of drug-likeness (QED) is 0.583. The van der Waals surface area contributed by atoms with Gasteiger partial charge in [0.15, 0.2) is 6.61 Å². The zero-order valence-corrected chi connectivity index (χ0v) is 18.1. The fourth-order valence-electron chi connectivity index (χ4n) is 2.89. The van der Waals surface area contributed by atoms with E-state index in [4.69, 9.17) is 16.3 Å². The molecule has 0 atom stereocenters. The number of rotatable bonds is 6. The molecule has 0 unspecified atom stereocenters. The lowest BCUT2D eigenvalue weighted by Crippen LogP contribution is -2.23. The molecular weight excluding hydrogens is 430 g/mol. The van der Waals surface area contributed by atoms with Gasteiger partial charge in [-0.15, -0.1) is 0 Å². The third-order valence-electron chi connectivity index (χ3n) is 4.42. The highest BCUT2D eigenvalue weighted by Crippen LogP contribution is 2.27. The van der Waals surface area contributed by atoms with Crippen LogP contribution in [0, 0.1) is 0 Å². The first kappa shape index (κ1) is 21.8. The van der Waals surface area contributed by atoms with Gasteiger partial charge in [-0.3, -0.25) is 4.79 Å². The number of ether oxygens (including phenoxy) is 1. The molecule has 0 bridgehead atoms. The van der Waals surface area contributed by atoms with Crippen LogP contribution in [0.2, 0.25) is 5.02 Å². The summed E-state index contributed by atoms with van der Waals surface area (Å²) in [5.74, 6) is -1.24. The van der Waals surface area contributed by atoms with Crippen molar-refractivity contribution < 1.29 is 22.7 Å². The van der Waals surface area contributed by atoms with E-state index < -0.39 is 28.5 Å². The van der Waals surface area contributed by atoms with Gasteiger partial charge in [-0.25, -0.2) is 17.5 Å². The van der Waals surface area contributed by atoms with Crippen LogP contribution in [0.25, 0.3) is 10.9 Å². The molecule has 0 fully saturated rings. The Balaban J connectivity index is 1.70. The van der Waals surface area contributed by atoms with Gasteiger partial charge < -0.3 is 14.6 Å². The summed E-state index contributed by atoms with van der Waals surface area (Å²) in [6.07, 6.45) is 1.64. The molecule has 3 aromatic rings. The summed E-state index contributed by atoms with van der Waals surface area (Å²) in [4.78, 5) is 24.5. The molecule has 1 aromatic heterocycles. The van der Waals surface area contributed by atoms with Crippen LogP contribution in [-0.2, 0) is 26.6 Å². The zero-order valence-electron chi connectivity index (χ0n) is 16.5. The van der Waals surface area contributed by atoms with Crippen LogP contribution in [-0.4, -0.2) is 49.9 Å². The van der Waals surface area contributed by atoms with Crippen molar-refractivity contribution >= 4 is 50.1 Å². The minimum Gasteiger partial charge on any atom is -0.452 e. The van der Waals surface area contributed by atoms with Crippen molar-refractivity contribution in [3.8, 4) is 0 Å². The SMILES string of the molecule is CN(C)S(=O)(=O)c1cc(NC(=O)COC(=O)c2cn(C)c3ccccc23)ccc1Cl. The van der Waals surface area contributed by atoms with Gasteiger partial charge in [0.1, 0.15) is 4.90 Å². The topological polar surface area (TPSA) is 97.7 Å². The number of amides is 1. The first-order chi connectivity index (χ1) is 14.1. The van der Waals surface area contributed by atoms with Crippen LogP contribution in [0.1, 0.15) is 10.4 Å². The molecule has 0 aliphatic heterocycles. The molecule has 158 valence electrons. The Bertz CT molecular complexity index is 1230. The maximum absolute atomic E-state index is 12.4. The van der Waals surface area contributed by atoms with Gasteiger partial charge in [-0.2, -0.15) is 0 Å². The Morgan fingerprint density at radius 3 is 2.57 bits per heavy atom. The molecule has 10 heteroatoms. The number of carbonyl (C=O) groups excluding carboxylic acids is 2. The number of nitrogens with zero attached hydrogens (tertiary/aromatic N) is 2. The Morgan fingerprint density at radius 2 is 1.87 bits per heavy atom. The first-order valence-corrected chi connectivity index (χ1v) is 10.7. The smallest absolute Gasteiger partial charge is 0.340 e. The molecule has 30 heavy (non-hydrogen) atoms. The van der Waals surface area contributed by atoms with Crippen molar-refractivity contribution in [2.45, 2.75) is 4.90 Å². The molecule has 8 nitrogen and oxygen atoms in total. The van der Waals surface area contributed by atoms with E-state index in [9.17, 15) is 18.0 Å². The maximum atomic E-state index is 12.4. The van der Waals surface area contributed by atoms with Crippen molar-refractivity contribution in [3.63, 3.8) is 0 Å². The third-order valence-corrected chi connectivity index (χ3v) is 6.72. The predicted octanol–water partition coefficient (Wildman–Crippen LogP) is 2.88. The van der Waals surface area contributed by atoms with E-state index in [2.05, 4.69) is 5.32 Å². The lowest BCUT2D eigenvalue weighted by Gasteiger charge is -2.14. The second-order valence-corrected chi connectivity index (χ2v) is 9.26. The number of benzene rings is 2. The predicted molar refractivity (Wildman–Crippen MR) is 114 cm³/mol. The maximum Gasteiger partial charge on any atom is 0.340 e. The van der Waals surface area contributed by atoms with Crippen LogP contribution < -0.4 is 5.32 Å². The summed E-state index contributed by atoms with van der Waals surface area (Å²) in [5.41, 5.74) is 1.43. The largest absolute Gasteiger partial charge is 0.452 e. The average Bonchev–Trinajstić information content (AvgIpc) is 3.04. The van der Waals surface area contributed by atoms with Gasteiger partial charge in [0.2, 0.25) is 10.0 Å². The first-order valence-electron chi connectivity index (χ1n) is 8.84. The number of esters is 1. The number of aryl methyl sites for hydroxylation is 1. The molecule has 1 heterocycles. The molecule has 0 aliphatic carbocycles. The molecule has 1 amide bonds. The van der Waals surface area contributed by atoms with E-state index >= 15 is 0 Å². The number of carbonyl (C=O) groups is 2. The molecule has 0 aliphatic rings. The second-order valence-electron chi connectivity index (χ2n) is 6.73. The highest BCUT2D eigenvalue weighted by atomic mass is 35.5. The van der Waals surface area contributed by atoms with Crippen LogP contribution in [0.4, 0.5) is 5.69 Å². The van der Waals surface area contributed by atoms with E-state index in [0.717, 1.165) is 15.2 Å². The van der Waals surface area contributed by atoms with Crippen LogP contribution in [0.5, 0.6) is 0 Å². The molecular formula is C20H20ClN3O5S. The number of para-hydroxylation sites is 1. The van der Waals surface area contributed by atoms with E-state index in [1.807, 2.05) is 25.2 Å². The molecule has 0 radical (unpaired) electrons. The Labute approximate surface area is 179 Å². The molecule has 2 aromatic carbocycles. The lowest BCUT2D eigenvalue weighted by atomic mass is 10.2. The molecule has 0 spiro atoms. The van der Waals surface area contributed by atoms with Crippen molar-refractivity contribution in [3.05, 3.63) is 59.2 Å². The minimum atomic E-state index is -3.78. The summed E-state index contributed by atoms with van der Waals surface area (Å²) in [6.45, 7) is -0.527. The van der Waals surface area contributed by atoms with Crippen LogP contribution in [0.15, 0.2) is 53.6 Å². The van der Waals surface area contributed by atoms with Crippen molar-refractivity contribution in [1.29, 1.82) is 0 Å². The van der Waals surface area contributed by atoms with Gasteiger partial charge in [-0.1, -0.05) is 29.8 Å². The van der Waals surface area contributed by atoms with Gasteiger partial charge in [0.25, 0.3) is 5.91 Å². The van der Waals surface area contributed by atoms with Crippen LogP contribution >= 0.6 is 11.6 Å². The Morgan fingerprint density at radius 1 is 1.17 bits per heavy atom. The highest BCUT2D eigenvalue weighted by Gasteiger charge is 2.22. The number of anilines is 1. The van der Waals surface area contributed by atoms with Gasteiger partial charge in [-0.05, 0) is 24.3 Å². The molecule has 3 rings (SSSR count). The van der Waals surface area contributed by atoms with E-state index in [-0.39, 0.29) is 15.6 Å². The van der Waals surface area contributed by atoms with Crippen LogP contribution in [0.3, 0.4) is 0 Å². The van der Waals surface area contributed by atoms with Crippen molar-refractivity contribution in [2.24, 2.45) is 7.05 Å². The lowest BCUT2D eigenvalue weighted by molar-refractivity contribution is -0.119. The fourth-order valence-corrected chi connectivity index (χ4v) is 4.28.